The molecule has 116 valence electrons. The van der Waals surface area contributed by atoms with E-state index in [1.807, 2.05) is 0 Å². The molecule has 3 rings (SSSR count). The lowest BCUT2D eigenvalue weighted by Gasteiger charge is -2.26. The third kappa shape index (κ3) is 2.69. The molecule has 0 radical (unpaired) electrons. The van der Waals surface area contributed by atoms with Crippen LogP contribution in [0.25, 0.3) is 0 Å². The van der Waals surface area contributed by atoms with Crippen LogP contribution in [0.1, 0.15) is 11.3 Å². The lowest BCUT2D eigenvalue weighted by atomic mass is 10.1. The molecule has 1 aromatic heterocycles. The molecule has 1 aliphatic heterocycles. The second-order valence-electron chi connectivity index (χ2n) is 4.94. The van der Waals surface area contributed by atoms with Gasteiger partial charge < -0.3 is 24.2 Å². The third-order valence-corrected chi connectivity index (χ3v) is 3.64. The Kier molecular flexibility index (Phi) is 3.86. The number of methoxy groups -OCH3 is 2. The van der Waals surface area contributed by atoms with Crippen molar-refractivity contribution in [2.24, 2.45) is 0 Å². The molecule has 1 aromatic carbocycles. The minimum Gasteiger partial charge on any atom is -0.497 e. The first-order chi connectivity index (χ1) is 10.7. The van der Waals surface area contributed by atoms with E-state index in [-0.39, 0.29) is 6.03 Å². The van der Waals surface area contributed by atoms with Crippen molar-refractivity contribution in [2.45, 2.75) is 13.0 Å². The first-order valence-corrected chi connectivity index (χ1v) is 6.91. The number of fused-ring (bicyclic) bond motifs is 1. The van der Waals surface area contributed by atoms with Gasteiger partial charge in [0.1, 0.15) is 17.3 Å². The van der Waals surface area contributed by atoms with Gasteiger partial charge in [0.05, 0.1) is 32.6 Å². The number of anilines is 1. The average Bonchev–Trinajstić information content (AvgIpc) is 3.02. The van der Waals surface area contributed by atoms with E-state index < -0.39 is 0 Å². The summed E-state index contributed by atoms with van der Waals surface area (Å²) in [6, 6.07) is 5.07. The molecular weight excluding hydrogens is 286 g/mol. The maximum Gasteiger partial charge on any atom is 0.322 e. The van der Waals surface area contributed by atoms with Gasteiger partial charge >= 0.3 is 6.03 Å². The number of benzene rings is 1. The summed E-state index contributed by atoms with van der Waals surface area (Å²) in [6.07, 6.45) is 2.32. The van der Waals surface area contributed by atoms with Gasteiger partial charge in [-0.25, -0.2) is 4.79 Å². The Labute approximate surface area is 127 Å². The topological polar surface area (TPSA) is 76.8 Å². The Morgan fingerprint density at radius 2 is 2.23 bits per heavy atom. The molecule has 0 fully saturated rings. The Hall–Kier alpha value is -2.70. The number of carbonyl (C=O) groups is 1. The van der Waals surface area contributed by atoms with Crippen LogP contribution in [0.5, 0.6) is 11.5 Å². The number of carbonyl (C=O) groups excluding carboxylic acids is 1. The van der Waals surface area contributed by atoms with Crippen LogP contribution >= 0.6 is 0 Å². The van der Waals surface area contributed by atoms with Crippen LogP contribution in [-0.4, -0.2) is 36.9 Å². The van der Waals surface area contributed by atoms with E-state index in [4.69, 9.17) is 14.0 Å². The highest BCUT2D eigenvalue weighted by atomic mass is 16.5. The van der Waals surface area contributed by atoms with Crippen LogP contribution in [0, 0.1) is 0 Å². The Bertz CT molecular complexity index is 683. The monoisotopic (exact) mass is 303 g/mol. The average molecular weight is 303 g/mol. The molecule has 7 nitrogen and oxygen atoms in total. The number of hydrogen-bond acceptors (Lipinski definition) is 5. The number of ether oxygens (including phenoxy) is 2. The van der Waals surface area contributed by atoms with Gasteiger partial charge in [-0.1, -0.05) is 5.16 Å². The lowest BCUT2D eigenvalue weighted by Crippen LogP contribution is -2.38. The van der Waals surface area contributed by atoms with Crippen molar-refractivity contribution in [2.75, 3.05) is 26.1 Å². The van der Waals surface area contributed by atoms with E-state index >= 15 is 0 Å². The molecule has 0 aliphatic carbocycles. The molecular formula is C15H17N3O4. The minimum atomic E-state index is -0.185. The van der Waals surface area contributed by atoms with Gasteiger partial charge in [0.2, 0.25) is 0 Å². The van der Waals surface area contributed by atoms with E-state index in [0.29, 0.717) is 36.7 Å². The molecule has 0 spiro atoms. The summed E-state index contributed by atoms with van der Waals surface area (Å²) in [7, 11) is 3.13. The second-order valence-corrected chi connectivity index (χ2v) is 4.94. The molecule has 2 amide bonds. The number of hydrogen-bond donors (Lipinski definition) is 1. The normalized spacial score (nSPS) is 13.5. The molecule has 1 N–H and O–H groups in total. The fraction of sp³-hybridized carbons (Fsp3) is 0.333. The van der Waals surface area contributed by atoms with Crippen LogP contribution in [0.4, 0.5) is 10.5 Å². The number of aromatic nitrogens is 1. The molecule has 0 atom stereocenters. The van der Waals surface area contributed by atoms with Crippen molar-refractivity contribution < 1.29 is 18.8 Å². The van der Waals surface area contributed by atoms with Gasteiger partial charge in [-0.3, -0.25) is 0 Å². The quantitative estimate of drug-likeness (QED) is 0.941. The molecule has 0 saturated heterocycles. The summed E-state index contributed by atoms with van der Waals surface area (Å²) in [5.41, 5.74) is 1.55. The number of rotatable bonds is 3. The second kappa shape index (κ2) is 5.97. The zero-order valence-electron chi connectivity index (χ0n) is 12.5. The molecule has 1 aliphatic rings. The smallest absolute Gasteiger partial charge is 0.322 e. The van der Waals surface area contributed by atoms with Crippen LogP contribution < -0.4 is 14.8 Å². The van der Waals surface area contributed by atoms with Gasteiger partial charge in [-0.05, 0) is 12.1 Å². The molecule has 2 heterocycles. The molecule has 7 heteroatoms. The van der Waals surface area contributed by atoms with Crippen LogP contribution in [0.2, 0.25) is 0 Å². The van der Waals surface area contributed by atoms with Crippen LogP contribution in [0.3, 0.4) is 0 Å². The van der Waals surface area contributed by atoms with Crippen molar-refractivity contribution in [3.63, 3.8) is 0 Å². The van der Waals surface area contributed by atoms with Gasteiger partial charge in [0.15, 0.2) is 0 Å². The molecule has 22 heavy (non-hydrogen) atoms. The van der Waals surface area contributed by atoms with Crippen molar-refractivity contribution in [3.05, 3.63) is 35.7 Å². The number of nitrogens with one attached hydrogen (secondary N) is 1. The summed E-state index contributed by atoms with van der Waals surface area (Å²) in [4.78, 5) is 14.1. The summed E-state index contributed by atoms with van der Waals surface area (Å²) in [5, 5.41) is 6.62. The standard InChI is InChI=1S/C15H17N3O4/c1-20-11-3-4-12(14(7-11)21-2)17-15(19)18-6-5-13-10(9-18)8-16-22-13/h3-4,7-8H,5-6,9H2,1-2H3,(H,17,19). The molecule has 2 aromatic rings. The fourth-order valence-electron chi connectivity index (χ4n) is 2.41. The highest BCUT2D eigenvalue weighted by Gasteiger charge is 2.24. The predicted molar refractivity (Wildman–Crippen MR) is 79.2 cm³/mol. The predicted octanol–water partition coefficient (Wildman–Crippen LogP) is 2.28. The van der Waals surface area contributed by atoms with Crippen molar-refractivity contribution in [3.8, 4) is 11.5 Å². The largest absolute Gasteiger partial charge is 0.497 e. The Morgan fingerprint density at radius 3 is 3.00 bits per heavy atom. The first-order valence-electron chi connectivity index (χ1n) is 6.91. The zero-order chi connectivity index (χ0) is 15.5. The number of amides is 2. The van der Waals surface area contributed by atoms with E-state index in [9.17, 15) is 4.79 Å². The molecule has 0 saturated carbocycles. The highest BCUT2D eigenvalue weighted by Crippen LogP contribution is 2.29. The molecule has 0 unspecified atom stereocenters. The highest BCUT2D eigenvalue weighted by molar-refractivity contribution is 5.91. The summed E-state index contributed by atoms with van der Waals surface area (Å²) >= 11 is 0. The maximum atomic E-state index is 12.4. The van der Waals surface area contributed by atoms with Crippen molar-refractivity contribution >= 4 is 11.7 Å². The van der Waals surface area contributed by atoms with Crippen LogP contribution in [0.15, 0.2) is 28.9 Å². The van der Waals surface area contributed by atoms with E-state index in [1.54, 1.807) is 43.5 Å². The summed E-state index contributed by atoms with van der Waals surface area (Å²) < 4.78 is 15.5. The van der Waals surface area contributed by atoms with E-state index in [1.165, 1.54) is 0 Å². The van der Waals surface area contributed by atoms with Crippen molar-refractivity contribution in [1.29, 1.82) is 0 Å². The number of urea groups is 1. The SMILES string of the molecule is COc1ccc(NC(=O)N2CCc3oncc3C2)c(OC)c1. The van der Waals surface area contributed by atoms with Crippen LogP contribution in [-0.2, 0) is 13.0 Å². The lowest BCUT2D eigenvalue weighted by molar-refractivity contribution is 0.202. The van der Waals surface area contributed by atoms with E-state index in [2.05, 4.69) is 10.5 Å². The summed E-state index contributed by atoms with van der Waals surface area (Å²) in [6.45, 7) is 1.08. The molecule has 0 bridgehead atoms. The fourth-order valence-corrected chi connectivity index (χ4v) is 2.41. The zero-order valence-corrected chi connectivity index (χ0v) is 12.5. The Morgan fingerprint density at radius 1 is 1.36 bits per heavy atom. The maximum absolute atomic E-state index is 12.4. The third-order valence-electron chi connectivity index (χ3n) is 3.64. The first kappa shape index (κ1) is 14.2. The van der Waals surface area contributed by atoms with E-state index in [0.717, 1.165) is 11.3 Å². The van der Waals surface area contributed by atoms with Crippen molar-refractivity contribution in [1.82, 2.24) is 10.1 Å². The Balaban J connectivity index is 1.72. The van der Waals surface area contributed by atoms with Gasteiger partial charge in [0, 0.05) is 24.6 Å². The number of nitrogens with zero attached hydrogens (tertiary/aromatic N) is 2. The van der Waals surface area contributed by atoms with Gasteiger partial charge in [0.25, 0.3) is 0 Å². The summed E-state index contributed by atoms with van der Waals surface area (Å²) in [5.74, 6) is 2.07. The van der Waals surface area contributed by atoms with Gasteiger partial charge in [-0.15, -0.1) is 0 Å². The van der Waals surface area contributed by atoms with Gasteiger partial charge in [-0.2, -0.15) is 0 Å². The minimum absolute atomic E-state index is 0.185.